The first-order chi connectivity index (χ1) is 8.40. The quantitative estimate of drug-likeness (QED) is 0.832. The van der Waals surface area contributed by atoms with Gasteiger partial charge < -0.3 is 10.1 Å². The molecule has 18 heavy (non-hydrogen) atoms. The van der Waals surface area contributed by atoms with Crippen LogP contribution in [0.2, 0.25) is 0 Å². The zero-order valence-electron chi connectivity index (χ0n) is 11.1. The molecule has 3 heteroatoms. The second-order valence-corrected chi connectivity index (χ2v) is 5.06. The van der Waals surface area contributed by atoms with Crippen LogP contribution in [-0.2, 0) is 11.2 Å². The largest absolute Gasteiger partial charge is 0.444 e. The first-order valence-electron chi connectivity index (χ1n) is 5.90. The zero-order chi connectivity index (χ0) is 13.6. The lowest BCUT2D eigenvalue weighted by Crippen LogP contribution is -2.39. The van der Waals surface area contributed by atoms with Gasteiger partial charge in [-0.2, -0.15) is 0 Å². The lowest BCUT2D eigenvalue weighted by atomic mass is 10.1. The molecule has 96 valence electrons. The minimum Gasteiger partial charge on any atom is -0.444 e. The van der Waals surface area contributed by atoms with Gasteiger partial charge in [-0.25, -0.2) is 4.79 Å². The Bertz CT molecular complexity index is 426. The molecule has 0 aliphatic carbocycles. The minimum atomic E-state index is -0.518. The summed E-state index contributed by atoms with van der Waals surface area (Å²) in [6, 6.07) is 9.41. The van der Waals surface area contributed by atoms with Gasteiger partial charge >= 0.3 is 6.09 Å². The van der Waals surface area contributed by atoms with Gasteiger partial charge in [-0.3, -0.25) is 0 Å². The van der Waals surface area contributed by atoms with Crippen molar-refractivity contribution in [2.45, 2.75) is 38.8 Å². The number of hydrogen-bond acceptors (Lipinski definition) is 2. The van der Waals surface area contributed by atoms with Gasteiger partial charge in [-0.15, -0.1) is 6.42 Å². The molecular weight excluding hydrogens is 226 g/mol. The Morgan fingerprint density at radius 1 is 1.39 bits per heavy atom. The van der Waals surface area contributed by atoms with Gasteiger partial charge in [0.2, 0.25) is 0 Å². The standard InChI is InChI=1S/C15H19NO2/c1-5-13(11-12-9-7-6-8-10-12)16-14(17)18-15(2,3)4/h1,6-10,13H,11H2,2-4H3,(H,16,17). The number of hydrogen-bond donors (Lipinski definition) is 1. The van der Waals surface area contributed by atoms with Gasteiger partial charge in [0.05, 0.1) is 6.04 Å². The maximum Gasteiger partial charge on any atom is 0.408 e. The van der Waals surface area contributed by atoms with Crippen molar-refractivity contribution in [3.63, 3.8) is 0 Å². The summed E-state index contributed by atoms with van der Waals surface area (Å²) in [6.07, 6.45) is 5.52. The van der Waals surface area contributed by atoms with Crippen molar-refractivity contribution in [3.05, 3.63) is 35.9 Å². The maximum atomic E-state index is 11.6. The van der Waals surface area contributed by atoms with Gasteiger partial charge in [-0.1, -0.05) is 36.3 Å². The highest BCUT2D eigenvalue weighted by molar-refractivity contribution is 5.68. The van der Waals surface area contributed by atoms with Crippen molar-refractivity contribution in [2.24, 2.45) is 0 Å². The lowest BCUT2D eigenvalue weighted by Gasteiger charge is -2.21. The number of benzene rings is 1. The number of amides is 1. The molecule has 1 N–H and O–H groups in total. The third kappa shape index (κ3) is 5.40. The molecule has 0 saturated heterocycles. The Morgan fingerprint density at radius 3 is 2.50 bits per heavy atom. The first kappa shape index (κ1) is 14.1. The molecule has 3 nitrogen and oxygen atoms in total. The van der Waals surface area contributed by atoms with Crippen LogP contribution in [0, 0.1) is 12.3 Å². The molecule has 0 spiro atoms. The number of alkyl carbamates (subject to hydrolysis) is 1. The summed E-state index contributed by atoms with van der Waals surface area (Å²) in [6.45, 7) is 5.44. The highest BCUT2D eigenvalue weighted by Gasteiger charge is 2.18. The monoisotopic (exact) mass is 245 g/mol. The molecule has 0 radical (unpaired) electrons. The van der Waals surface area contributed by atoms with Crippen molar-refractivity contribution < 1.29 is 9.53 Å². The van der Waals surface area contributed by atoms with E-state index in [0.717, 1.165) is 5.56 Å². The molecule has 1 amide bonds. The molecule has 1 atom stereocenters. The van der Waals surface area contributed by atoms with E-state index in [1.54, 1.807) is 0 Å². The van der Waals surface area contributed by atoms with Crippen LogP contribution in [0.25, 0.3) is 0 Å². The Kier molecular flexibility index (Phi) is 4.79. The third-order valence-electron chi connectivity index (χ3n) is 2.17. The van der Waals surface area contributed by atoms with E-state index in [2.05, 4.69) is 11.2 Å². The molecule has 0 fully saturated rings. The van der Waals surface area contributed by atoms with Crippen molar-refractivity contribution in [1.29, 1.82) is 0 Å². The molecule has 1 aromatic rings. The summed E-state index contributed by atoms with van der Waals surface area (Å²) in [5.41, 5.74) is 0.562. The van der Waals surface area contributed by atoms with Gasteiger partial charge in [-0.05, 0) is 26.3 Å². The van der Waals surface area contributed by atoms with Gasteiger partial charge in [0, 0.05) is 6.42 Å². The molecule has 0 aliphatic heterocycles. The van der Waals surface area contributed by atoms with Crippen molar-refractivity contribution in [1.82, 2.24) is 5.32 Å². The van der Waals surface area contributed by atoms with Crippen LogP contribution >= 0.6 is 0 Å². The summed E-state index contributed by atoms with van der Waals surface area (Å²) in [5, 5.41) is 2.67. The Hall–Kier alpha value is -1.95. The summed E-state index contributed by atoms with van der Waals surface area (Å²) in [7, 11) is 0. The molecule has 1 rings (SSSR count). The summed E-state index contributed by atoms with van der Waals surface area (Å²) >= 11 is 0. The number of rotatable bonds is 3. The third-order valence-corrected chi connectivity index (χ3v) is 2.17. The highest BCUT2D eigenvalue weighted by Crippen LogP contribution is 2.08. The Morgan fingerprint density at radius 2 is 2.00 bits per heavy atom. The van der Waals surface area contributed by atoms with E-state index in [9.17, 15) is 4.79 Å². The summed E-state index contributed by atoms with van der Waals surface area (Å²) in [5.74, 6) is 2.56. The summed E-state index contributed by atoms with van der Waals surface area (Å²) in [4.78, 5) is 11.6. The molecule has 0 saturated carbocycles. The van der Waals surface area contributed by atoms with Gasteiger partial charge in [0.1, 0.15) is 5.60 Å². The van der Waals surface area contributed by atoms with Crippen LogP contribution in [0.4, 0.5) is 4.79 Å². The second kappa shape index (κ2) is 6.11. The van der Waals surface area contributed by atoms with Crippen LogP contribution in [0.15, 0.2) is 30.3 Å². The zero-order valence-corrected chi connectivity index (χ0v) is 11.1. The smallest absolute Gasteiger partial charge is 0.408 e. The van der Waals surface area contributed by atoms with E-state index in [4.69, 9.17) is 11.2 Å². The number of carbonyl (C=O) groups is 1. The second-order valence-electron chi connectivity index (χ2n) is 5.06. The van der Waals surface area contributed by atoms with E-state index in [1.807, 2.05) is 51.1 Å². The van der Waals surface area contributed by atoms with Crippen molar-refractivity contribution in [2.75, 3.05) is 0 Å². The predicted octanol–water partition coefficient (Wildman–Crippen LogP) is 2.76. The van der Waals surface area contributed by atoms with Gasteiger partial charge in [0.25, 0.3) is 0 Å². The normalized spacial score (nSPS) is 12.3. The van der Waals surface area contributed by atoms with E-state index in [1.165, 1.54) is 0 Å². The molecule has 0 heterocycles. The minimum absolute atomic E-state index is 0.359. The highest BCUT2D eigenvalue weighted by atomic mass is 16.6. The average molecular weight is 245 g/mol. The van der Waals surface area contributed by atoms with E-state index >= 15 is 0 Å². The molecular formula is C15H19NO2. The SMILES string of the molecule is C#CC(Cc1ccccc1)NC(=O)OC(C)(C)C. The molecule has 1 aromatic carbocycles. The van der Waals surface area contributed by atoms with Crippen LogP contribution in [0.1, 0.15) is 26.3 Å². The lowest BCUT2D eigenvalue weighted by molar-refractivity contribution is 0.0516. The van der Waals surface area contributed by atoms with Gasteiger partial charge in [0.15, 0.2) is 0 Å². The fourth-order valence-electron chi connectivity index (χ4n) is 1.45. The van der Waals surface area contributed by atoms with Crippen LogP contribution in [0.5, 0.6) is 0 Å². The number of terminal acetylenes is 1. The van der Waals surface area contributed by atoms with Crippen molar-refractivity contribution in [3.8, 4) is 12.3 Å². The molecule has 0 aromatic heterocycles. The molecule has 1 unspecified atom stereocenters. The summed E-state index contributed by atoms with van der Waals surface area (Å²) < 4.78 is 5.16. The topological polar surface area (TPSA) is 38.3 Å². The maximum absolute atomic E-state index is 11.6. The first-order valence-corrected chi connectivity index (χ1v) is 5.90. The van der Waals surface area contributed by atoms with E-state index < -0.39 is 11.7 Å². The Balaban J connectivity index is 2.54. The number of carbonyl (C=O) groups excluding carboxylic acids is 1. The van der Waals surface area contributed by atoms with Crippen LogP contribution in [0.3, 0.4) is 0 Å². The number of nitrogens with one attached hydrogen (secondary N) is 1. The predicted molar refractivity (Wildman–Crippen MR) is 72.1 cm³/mol. The molecule has 0 bridgehead atoms. The average Bonchev–Trinajstić information content (AvgIpc) is 2.27. The fourth-order valence-corrected chi connectivity index (χ4v) is 1.45. The van der Waals surface area contributed by atoms with E-state index in [0.29, 0.717) is 6.42 Å². The van der Waals surface area contributed by atoms with Crippen LogP contribution < -0.4 is 5.32 Å². The number of ether oxygens (including phenoxy) is 1. The van der Waals surface area contributed by atoms with Crippen LogP contribution in [-0.4, -0.2) is 17.7 Å². The molecule has 0 aliphatic rings. The Labute approximate surface area is 109 Å². The van der Waals surface area contributed by atoms with E-state index in [-0.39, 0.29) is 6.04 Å². The van der Waals surface area contributed by atoms with Crippen molar-refractivity contribution >= 4 is 6.09 Å². The fraction of sp³-hybridized carbons (Fsp3) is 0.400.